The summed E-state index contributed by atoms with van der Waals surface area (Å²) < 4.78 is 11.8. The zero-order chi connectivity index (χ0) is 24.1. The molecule has 2 aliphatic heterocycles. The normalized spacial score (nSPS) is 22.3. The van der Waals surface area contributed by atoms with Gasteiger partial charge in [0.05, 0.1) is 11.6 Å². The number of nitrogens with zero attached hydrogens (tertiary/aromatic N) is 1. The van der Waals surface area contributed by atoms with Crippen LogP contribution >= 0.6 is 0 Å². The molecule has 0 radical (unpaired) electrons. The number of rotatable bonds is 11. The minimum atomic E-state index is -1.85. The molecule has 0 aromatic heterocycles. The molecule has 0 spiro atoms. The Hall–Kier alpha value is -1.93. The Labute approximate surface area is 193 Å². The van der Waals surface area contributed by atoms with Gasteiger partial charge in [-0.1, -0.05) is 33.4 Å². The molecule has 1 N–H and O–H groups in total. The Morgan fingerprint density at radius 1 is 1.34 bits per heavy atom. The summed E-state index contributed by atoms with van der Waals surface area (Å²) in [6, 6.07) is -0.763. The fourth-order valence-electron chi connectivity index (χ4n) is 4.25. The SMILES string of the molecule is C=CCOC(=O)C1=C(CCC[C@H](C)O[Si](C)(C)C(C)(C)C)NC(=O)N2[C@H](CC=O)CC[C@H]12. The molecule has 8 heteroatoms. The summed E-state index contributed by atoms with van der Waals surface area (Å²) in [6.07, 6.45) is 6.27. The van der Waals surface area contributed by atoms with Gasteiger partial charge in [-0.15, -0.1) is 0 Å². The summed E-state index contributed by atoms with van der Waals surface area (Å²) in [4.78, 5) is 38.4. The number of nitrogens with one attached hydrogen (secondary N) is 1. The number of esters is 1. The van der Waals surface area contributed by atoms with Crippen LogP contribution in [0.3, 0.4) is 0 Å². The van der Waals surface area contributed by atoms with Gasteiger partial charge in [0.25, 0.3) is 0 Å². The highest BCUT2D eigenvalue weighted by atomic mass is 28.4. The number of allylic oxidation sites excluding steroid dienone is 1. The predicted octanol–water partition coefficient (Wildman–Crippen LogP) is 4.70. The van der Waals surface area contributed by atoms with Crippen LogP contribution < -0.4 is 5.32 Å². The van der Waals surface area contributed by atoms with Crippen molar-refractivity contribution in [2.24, 2.45) is 0 Å². The highest BCUT2D eigenvalue weighted by Crippen LogP contribution is 2.38. The molecule has 0 aromatic rings. The van der Waals surface area contributed by atoms with Crippen molar-refractivity contribution in [3.05, 3.63) is 23.9 Å². The van der Waals surface area contributed by atoms with Crippen molar-refractivity contribution in [1.29, 1.82) is 0 Å². The third-order valence-corrected chi connectivity index (χ3v) is 11.5. The van der Waals surface area contributed by atoms with Gasteiger partial charge in [-0.3, -0.25) is 0 Å². The molecule has 1 saturated heterocycles. The summed E-state index contributed by atoms with van der Waals surface area (Å²) in [5, 5.41) is 3.07. The quantitative estimate of drug-likeness (QED) is 0.207. The highest BCUT2D eigenvalue weighted by Gasteiger charge is 2.45. The van der Waals surface area contributed by atoms with Crippen LogP contribution in [0.4, 0.5) is 4.79 Å². The second kappa shape index (κ2) is 10.8. The molecular weight excluding hydrogens is 424 g/mol. The van der Waals surface area contributed by atoms with E-state index in [1.165, 1.54) is 6.08 Å². The number of carbonyl (C=O) groups is 3. The summed E-state index contributed by atoms with van der Waals surface area (Å²) in [5.74, 6) is -0.424. The van der Waals surface area contributed by atoms with Gasteiger partial charge in [-0.05, 0) is 57.2 Å². The average molecular weight is 465 g/mol. The van der Waals surface area contributed by atoms with Crippen LogP contribution in [0.15, 0.2) is 23.9 Å². The first-order chi connectivity index (χ1) is 14.9. The van der Waals surface area contributed by atoms with Crippen molar-refractivity contribution < 1.29 is 23.5 Å². The lowest BCUT2D eigenvalue weighted by molar-refractivity contribution is -0.138. The highest BCUT2D eigenvalue weighted by molar-refractivity contribution is 6.74. The van der Waals surface area contributed by atoms with Gasteiger partial charge in [0.15, 0.2) is 8.32 Å². The Balaban J connectivity index is 2.14. The molecule has 0 aliphatic carbocycles. The molecule has 3 atom stereocenters. The first kappa shape index (κ1) is 26.3. The van der Waals surface area contributed by atoms with Crippen LogP contribution in [-0.2, 0) is 18.8 Å². The van der Waals surface area contributed by atoms with E-state index in [9.17, 15) is 14.4 Å². The first-order valence-corrected chi connectivity index (χ1v) is 14.6. The zero-order valence-corrected chi connectivity index (χ0v) is 21.5. The molecule has 2 rings (SSSR count). The van der Waals surface area contributed by atoms with Crippen molar-refractivity contribution >= 4 is 26.6 Å². The van der Waals surface area contributed by atoms with E-state index in [0.29, 0.717) is 30.5 Å². The van der Waals surface area contributed by atoms with Gasteiger partial charge in [0.1, 0.15) is 12.9 Å². The second-order valence-corrected chi connectivity index (χ2v) is 15.1. The molecule has 32 heavy (non-hydrogen) atoms. The number of hydrogen-bond acceptors (Lipinski definition) is 5. The maximum atomic E-state index is 12.9. The van der Waals surface area contributed by atoms with E-state index >= 15 is 0 Å². The van der Waals surface area contributed by atoms with E-state index in [2.05, 4.69) is 52.7 Å². The standard InChI is InChI=1S/C24H40N2O5Si/c1-8-16-30-22(28)21-19(11-9-10-17(2)31-32(6,7)24(3,4)5)25-23(29)26-18(14-15-27)12-13-20(21)26/h8,15,17-18,20H,1,9-14,16H2,2-7H3,(H,25,29)/t17-,18-,20+/m0/s1. The molecule has 0 aromatic carbocycles. The van der Waals surface area contributed by atoms with Gasteiger partial charge < -0.3 is 24.2 Å². The predicted molar refractivity (Wildman–Crippen MR) is 128 cm³/mol. The van der Waals surface area contributed by atoms with Crippen molar-refractivity contribution in [3.63, 3.8) is 0 Å². The number of amides is 2. The van der Waals surface area contributed by atoms with E-state index < -0.39 is 14.3 Å². The minimum Gasteiger partial charge on any atom is -0.458 e. The van der Waals surface area contributed by atoms with Crippen LogP contribution in [0.1, 0.15) is 66.2 Å². The maximum Gasteiger partial charge on any atom is 0.338 e. The molecule has 7 nitrogen and oxygen atoms in total. The van der Waals surface area contributed by atoms with E-state index in [0.717, 1.165) is 19.1 Å². The Kier molecular flexibility index (Phi) is 8.87. The molecule has 2 amide bonds. The Bertz CT molecular complexity index is 756. The fourth-order valence-corrected chi connectivity index (χ4v) is 5.73. The van der Waals surface area contributed by atoms with Gasteiger partial charge in [-0.25, -0.2) is 9.59 Å². The third kappa shape index (κ3) is 6.10. The molecule has 2 heterocycles. The monoisotopic (exact) mass is 464 g/mol. The van der Waals surface area contributed by atoms with Gasteiger partial charge in [-0.2, -0.15) is 0 Å². The lowest BCUT2D eigenvalue weighted by Crippen LogP contribution is -2.53. The maximum absolute atomic E-state index is 12.9. The smallest absolute Gasteiger partial charge is 0.338 e. The number of aldehydes is 1. The van der Waals surface area contributed by atoms with Crippen LogP contribution in [0.2, 0.25) is 18.1 Å². The molecule has 0 saturated carbocycles. The lowest BCUT2D eigenvalue weighted by atomic mass is 9.97. The van der Waals surface area contributed by atoms with Gasteiger partial charge >= 0.3 is 12.0 Å². The Morgan fingerprint density at radius 3 is 2.62 bits per heavy atom. The lowest BCUT2D eigenvalue weighted by Gasteiger charge is -2.38. The van der Waals surface area contributed by atoms with Crippen LogP contribution in [0.5, 0.6) is 0 Å². The number of fused-ring (bicyclic) bond motifs is 1. The van der Waals surface area contributed by atoms with Crippen molar-refractivity contribution in [3.8, 4) is 0 Å². The summed E-state index contributed by atoms with van der Waals surface area (Å²) in [7, 11) is -1.85. The summed E-state index contributed by atoms with van der Waals surface area (Å²) in [5.41, 5.74) is 1.15. The summed E-state index contributed by atoms with van der Waals surface area (Å²) >= 11 is 0. The molecule has 2 aliphatic rings. The number of carbonyl (C=O) groups excluding carboxylic acids is 3. The van der Waals surface area contributed by atoms with Crippen LogP contribution in [-0.4, -0.2) is 56.3 Å². The van der Waals surface area contributed by atoms with E-state index in [1.54, 1.807) is 4.90 Å². The van der Waals surface area contributed by atoms with Crippen LogP contribution in [0.25, 0.3) is 0 Å². The van der Waals surface area contributed by atoms with Crippen molar-refractivity contribution in [2.75, 3.05) is 6.61 Å². The van der Waals surface area contributed by atoms with E-state index in [-0.39, 0.29) is 42.3 Å². The van der Waals surface area contributed by atoms with E-state index in [4.69, 9.17) is 9.16 Å². The van der Waals surface area contributed by atoms with Crippen molar-refractivity contribution in [1.82, 2.24) is 10.2 Å². The number of urea groups is 1. The number of ether oxygens (including phenoxy) is 1. The molecule has 0 bridgehead atoms. The average Bonchev–Trinajstić information content (AvgIpc) is 3.09. The molecule has 0 unspecified atom stereocenters. The molecule has 180 valence electrons. The minimum absolute atomic E-state index is 0.104. The topological polar surface area (TPSA) is 84.9 Å². The number of hydrogen-bond donors (Lipinski definition) is 1. The van der Waals surface area contributed by atoms with Crippen LogP contribution in [0, 0.1) is 0 Å². The summed E-state index contributed by atoms with van der Waals surface area (Å²) in [6.45, 7) is 17.0. The Morgan fingerprint density at radius 2 is 2.03 bits per heavy atom. The largest absolute Gasteiger partial charge is 0.458 e. The van der Waals surface area contributed by atoms with Gasteiger partial charge in [0.2, 0.25) is 0 Å². The van der Waals surface area contributed by atoms with Crippen molar-refractivity contribution in [2.45, 2.75) is 103 Å². The fraction of sp³-hybridized carbons (Fsp3) is 0.708. The van der Waals surface area contributed by atoms with Gasteiger partial charge in [0, 0.05) is 24.3 Å². The van der Waals surface area contributed by atoms with E-state index in [1.807, 2.05) is 0 Å². The second-order valence-electron chi connectivity index (χ2n) is 10.3. The third-order valence-electron chi connectivity index (χ3n) is 6.91. The first-order valence-electron chi connectivity index (χ1n) is 11.6. The zero-order valence-electron chi connectivity index (χ0n) is 20.5. The molecule has 1 fully saturated rings. The molecular formula is C24H40N2O5Si.